The topological polar surface area (TPSA) is 97.8 Å². The lowest BCUT2D eigenvalue weighted by atomic mass is 10.1. The van der Waals surface area contributed by atoms with Crippen molar-refractivity contribution in [3.8, 4) is 11.4 Å². The van der Waals surface area contributed by atoms with E-state index >= 15 is 0 Å². The maximum absolute atomic E-state index is 12.9. The monoisotopic (exact) mass is 446 g/mol. The molecule has 0 bridgehead atoms. The molecule has 4 aromatic rings. The molecule has 0 spiro atoms. The number of imidazole rings is 1. The fourth-order valence-corrected chi connectivity index (χ4v) is 3.93. The zero-order valence-electron chi connectivity index (χ0n) is 18.5. The first kappa shape index (κ1) is 21.3. The molecule has 0 atom stereocenters. The summed E-state index contributed by atoms with van der Waals surface area (Å²) in [6.07, 6.45) is 5.08. The highest BCUT2D eigenvalue weighted by Gasteiger charge is 2.16. The Labute approximate surface area is 191 Å². The summed E-state index contributed by atoms with van der Waals surface area (Å²) in [6.45, 7) is 6.48. The van der Waals surface area contributed by atoms with Crippen LogP contribution in [0, 0.1) is 6.92 Å². The van der Waals surface area contributed by atoms with Gasteiger partial charge in [-0.3, -0.25) is 14.1 Å². The summed E-state index contributed by atoms with van der Waals surface area (Å²) in [5, 5.41) is 7.14. The summed E-state index contributed by atoms with van der Waals surface area (Å²) in [5.74, 6) is 0.905. The summed E-state index contributed by atoms with van der Waals surface area (Å²) >= 11 is 0. The van der Waals surface area contributed by atoms with E-state index in [9.17, 15) is 4.79 Å². The van der Waals surface area contributed by atoms with E-state index in [1.807, 2.05) is 49.5 Å². The van der Waals surface area contributed by atoms with E-state index in [-0.39, 0.29) is 5.91 Å². The fraction of sp³-hybridized carbons (Fsp3) is 0.333. The highest BCUT2D eigenvalue weighted by Crippen LogP contribution is 2.24. The van der Waals surface area contributed by atoms with E-state index in [0.717, 1.165) is 62.5 Å². The predicted molar refractivity (Wildman–Crippen MR) is 123 cm³/mol. The number of rotatable bonds is 7. The van der Waals surface area contributed by atoms with Crippen LogP contribution >= 0.6 is 0 Å². The van der Waals surface area contributed by atoms with Gasteiger partial charge < -0.3 is 14.6 Å². The van der Waals surface area contributed by atoms with Crippen LogP contribution in [-0.4, -0.2) is 63.2 Å². The first-order valence-electron chi connectivity index (χ1n) is 11.1. The number of benzene rings is 1. The third-order valence-electron chi connectivity index (χ3n) is 5.83. The van der Waals surface area contributed by atoms with Gasteiger partial charge in [-0.15, -0.1) is 0 Å². The largest absolute Gasteiger partial charge is 0.379 e. The SMILES string of the molecule is Cc1ccc(-c2noc(CCCN3CCOCC3)n2)cc1NC(=O)c1cnc2ccccn12. The van der Waals surface area contributed by atoms with Crippen LogP contribution in [-0.2, 0) is 11.2 Å². The van der Waals surface area contributed by atoms with Gasteiger partial charge in [-0.1, -0.05) is 23.4 Å². The Balaban J connectivity index is 1.26. The Hall–Kier alpha value is -3.56. The number of fused-ring (bicyclic) bond motifs is 1. The summed E-state index contributed by atoms with van der Waals surface area (Å²) in [4.78, 5) is 24.1. The van der Waals surface area contributed by atoms with Crippen molar-refractivity contribution in [2.24, 2.45) is 0 Å². The van der Waals surface area contributed by atoms with E-state index in [2.05, 4.69) is 25.3 Å². The number of aryl methyl sites for hydroxylation is 2. The van der Waals surface area contributed by atoms with Crippen LogP contribution in [0.25, 0.3) is 17.0 Å². The quantitative estimate of drug-likeness (QED) is 0.465. The van der Waals surface area contributed by atoms with Gasteiger partial charge in [0.2, 0.25) is 11.7 Å². The van der Waals surface area contributed by atoms with E-state index in [0.29, 0.717) is 23.1 Å². The van der Waals surface area contributed by atoms with Gasteiger partial charge in [0.1, 0.15) is 11.3 Å². The lowest BCUT2D eigenvalue weighted by molar-refractivity contribution is 0.0372. The molecule has 1 aliphatic rings. The fourth-order valence-electron chi connectivity index (χ4n) is 3.93. The Bertz CT molecular complexity index is 1260. The summed E-state index contributed by atoms with van der Waals surface area (Å²) in [7, 11) is 0. The second-order valence-corrected chi connectivity index (χ2v) is 8.13. The van der Waals surface area contributed by atoms with E-state index in [4.69, 9.17) is 9.26 Å². The number of hydrogen-bond donors (Lipinski definition) is 1. The molecular formula is C24H26N6O3. The zero-order chi connectivity index (χ0) is 22.6. The predicted octanol–water partition coefficient (Wildman–Crippen LogP) is 3.21. The van der Waals surface area contributed by atoms with Crippen molar-refractivity contribution < 1.29 is 14.1 Å². The van der Waals surface area contributed by atoms with Gasteiger partial charge in [0.25, 0.3) is 5.91 Å². The Kier molecular flexibility index (Phi) is 6.14. The highest BCUT2D eigenvalue weighted by atomic mass is 16.5. The zero-order valence-corrected chi connectivity index (χ0v) is 18.5. The third kappa shape index (κ3) is 4.79. The van der Waals surface area contributed by atoms with E-state index in [1.54, 1.807) is 10.6 Å². The maximum Gasteiger partial charge on any atom is 0.274 e. The minimum absolute atomic E-state index is 0.231. The van der Waals surface area contributed by atoms with Crippen LogP contribution in [0.5, 0.6) is 0 Å². The number of ether oxygens (including phenoxy) is 1. The number of nitrogens with one attached hydrogen (secondary N) is 1. The lowest BCUT2D eigenvalue weighted by Crippen LogP contribution is -2.36. The third-order valence-corrected chi connectivity index (χ3v) is 5.83. The van der Waals surface area contributed by atoms with Gasteiger partial charge in [0.15, 0.2) is 0 Å². The second kappa shape index (κ2) is 9.51. The number of amides is 1. The van der Waals surface area contributed by atoms with Crippen LogP contribution in [0.1, 0.15) is 28.4 Å². The Morgan fingerprint density at radius 1 is 1.18 bits per heavy atom. The van der Waals surface area contributed by atoms with Crippen LogP contribution < -0.4 is 5.32 Å². The van der Waals surface area contributed by atoms with Gasteiger partial charge in [0, 0.05) is 37.0 Å². The van der Waals surface area contributed by atoms with Gasteiger partial charge in [0.05, 0.1) is 19.4 Å². The van der Waals surface area contributed by atoms with Crippen LogP contribution in [0.15, 0.2) is 53.3 Å². The van der Waals surface area contributed by atoms with Crippen molar-refractivity contribution in [3.05, 3.63) is 65.9 Å². The summed E-state index contributed by atoms with van der Waals surface area (Å²) in [6, 6.07) is 11.4. The van der Waals surface area contributed by atoms with Crippen molar-refractivity contribution in [3.63, 3.8) is 0 Å². The molecule has 0 unspecified atom stereocenters. The van der Waals surface area contributed by atoms with Crippen LogP contribution in [0.3, 0.4) is 0 Å². The minimum Gasteiger partial charge on any atom is -0.379 e. The number of nitrogens with zero attached hydrogens (tertiary/aromatic N) is 5. The number of pyridine rings is 1. The van der Waals surface area contributed by atoms with Crippen molar-refractivity contribution in [1.29, 1.82) is 0 Å². The van der Waals surface area contributed by atoms with Gasteiger partial charge >= 0.3 is 0 Å². The first-order chi connectivity index (χ1) is 16.2. The van der Waals surface area contributed by atoms with Crippen molar-refractivity contribution >= 4 is 17.2 Å². The van der Waals surface area contributed by atoms with Crippen molar-refractivity contribution in [1.82, 2.24) is 24.4 Å². The molecule has 0 saturated carbocycles. The molecule has 1 amide bonds. The molecule has 1 N–H and O–H groups in total. The number of carbonyl (C=O) groups is 1. The maximum atomic E-state index is 12.9. The molecule has 5 rings (SSSR count). The number of morpholine rings is 1. The standard InChI is InChI=1S/C24H26N6O3/c1-17-7-8-18(23-27-22(33-28-23)6-4-9-29-11-13-32-14-12-29)15-19(17)26-24(31)20-16-25-21-5-2-3-10-30(20)21/h2-3,5,7-8,10,15-16H,4,6,9,11-14H2,1H3,(H,26,31). The molecule has 9 heteroatoms. The minimum atomic E-state index is -0.231. The molecule has 4 heterocycles. The molecule has 1 aromatic carbocycles. The highest BCUT2D eigenvalue weighted by molar-refractivity contribution is 6.04. The average Bonchev–Trinajstić information content (AvgIpc) is 3.49. The summed E-state index contributed by atoms with van der Waals surface area (Å²) < 4.78 is 12.6. The molecule has 0 aliphatic carbocycles. The van der Waals surface area contributed by atoms with E-state index < -0.39 is 0 Å². The summed E-state index contributed by atoms with van der Waals surface area (Å²) in [5.41, 5.74) is 3.62. The Morgan fingerprint density at radius 3 is 2.94 bits per heavy atom. The van der Waals surface area contributed by atoms with Gasteiger partial charge in [-0.2, -0.15) is 4.98 Å². The van der Waals surface area contributed by atoms with Crippen molar-refractivity contribution in [2.75, 3.05) is 38.2 Å². The first-order valence-corrected chi connectivity index (χ1v) is 11.1. The number of carbonyl (C=O) groups excluding carboxylic acids is 1. The molecule has 33 heavy (non-hydrogen) atoms. The van der Waals surface area contributed by atoms with E-state index in [1.165, 1.54) is 0 Å². The lowest BCUT2D eigenvalue weighted by Gasteiger charge is -2.26. The van der Waals surface area contributed by atoms with Crippen LogP contribution in [0.2, 0.25) is 0 Å². The number of hydrogen-bond acceptors (Lipinski definition) is 7. The smallest absolute Gasteiger partial charge is 0.274 e. The molecule has 0 radical (unpaired) electrons. The molecule has 1 aliphatic heterocycles. The van der Waals surface area contributed by atoms with Crippen LogP contribution in [0.4, 0.5) is 5.69 Å². The Morgan fingerprint density at radius 2 is 2.06 bits per heavy atom. The molecule has 170 valence electrons. The van der Waals surface area contributed by atoms with Crippen molar-refractivity contribution in [2.45, 2.75) is 19.8 Å². The molecule has 1 fully saturated rings. The molecular weight excluding hydrogens is 420 g/mol. The molecule has 3 aromatic heterocycles. The van der Waals surface area contributed by atoms with Gasteiger partial charge in [-0.05, 0) is 43.7 Å². The number of anilines is 1. The average molecular weight is 447 g/mol. The van der Waals surface area contributed by atoms with Gasteiger partial charge in [-0.25, -0.2) is 4.98 Å². The second-order valence-electron chi connectivity index (χ2n) is 8.13. The molecule has 9 nitrogen and oxygen atoms in total. The number of aromatic nitrogens is 4. The normalized spacial score (nSPS) is 14.6. The molecule has 1 saturated heterocycles.